The van der Waals surface area contributed by atoms with Crippen LogP contribution in [0.5, 0.6) is 0 Å². The molecule has 1 saturated heterocycles. The molecule has 0 N–H and O–H groups in total. The quantitative estimate of drug-likeness (QED) is 0.718. The number of carbonyl (C=O) groups is 1. The maximum atomic E-state index is 12.4. The van der Waals surface area contributed by atoms with E-state index in [1.807, 2.05) is 12.1 Å². The van der Waals surface area contributed by atoms with Gasteiger partial charge in [-0.25, -0.2) is 0 Å². The Hall–Kier alpha value is -1.15. The summed E-state index contributed by atoms with van der Waals surface area (Å²) in [4.78, 5) is 14.8. The molecule has 0 bridgehead atoms. The van der Waals surface area contributed by atoms with Gasteiger partial charge in [-0.1, -0.05) is 52.0 Å². The molecule has 2 nitrogen and oxygen atoms in total. The molecule has 1 aromatic carbocycles. The minimum atomic E-state index is 0.258. The van der Waals surface area contributed by atoms with Crippen LogP contribution in [0.15, 0.2) is 24.3 Å². The van der Waals surface area contributed by atoms with Gasteiger partial charge in [-0.2, -0.15) is 0 Å². The van der Waals surface area contributed by atoms with Crippen molar-refractivity contribution in [1.29, 1.82) is 0 Å². The third-order valence-electron chi connectivity index (χ3n) is 5.28. The monoisotopic (exact) mass is 287 g/mol. The molecular formula is C19H29NO. The van der Waals surface area contributed by atoms with Crippen molar-refractivity contribution in [2.24, 2.45) is 5.41 Å². The average molecular weight is 287 g/mol. The lowest BCUT2D eigenvalue weighted by atomic mass is 9.82. The normalized spacial score (nSPS) is 18.3. The van der Waals surface area contributed by atoms with E-state index in [1.54, 1.807) is 0 Å². The van der Waals surface area contributed by atoms with Crippen LogP contribution in [0.2, 0.25) is 0 Å². The number of hydrogen-bond donors (Lipinski definition) is 0. The number of likely N-dealkylation sites (tertiary alicyclic amines) is 1. The van der Waals surface area contributed by atoms with Gasteiger partial charge in [0.25, 0.3) is 0 Å². The Morgan fingerprint density at radius 3 is 2.29 bits per heavy atom. The van der Waals surface area contributed by atoms with Crippen LogP contribution in [0.1, 0.15) is 68.8 Å². The molecule has 1 aliphatic heterocycles. The first-order valence-electron chi connectivity index (χ1n) is 8.35. The van der Waals surface area contributed by atoms with E-state index in [2.05, 4.69) is 44.7 Å². The fourth-order valence-corrected chi connectivity index (χ4v) is 3.34. The highest BCUT2D eigenvalue weighted by atomic mass is 16.1. The number of nitrogens with zero attached hydrogens (tertiary/aromatic N) is 1. The summed E-state index contributed by atoms with van der Waals surface area (Å²) in [5.41, 5.74) is 2.59. The second kappa shape index (κ2) is 6.74. The predicted molar refractivity (Wildman–Crippen MR) is 88.9 cm³/mol. The van der Waals surface area contributed by atoms with Crippen molar-refractivity contribution in [3.63, 3.8) is 0 Å². The Kier molecular flexibility index (Phi) is 5.21. The summed E-state index contributed by atoms with van der Waals surface area (Å²) in [5, 5.41) is 0. The molecule has 0 spiro atoms. The van der Waals surface area contributed by atoms with Gasteiger partial charge >= 0.3 is 0 Å². The van der Waals surface area contributed by atoms with Crippen LogP contribution in [0.4, 0.5) is 0 Å². The molecule has 2 heteroatoms. The van der Waals surface area contributed by atoms with E-state index in [0.29, 0.717) is 17.9 Å². The first-order valence-corrected chi connectivity index (χ1v) is 8.35. The highest BCUT2D eigenvalue weighted by molar-refractivity contribution is 5.97. The van der Waals surface area contributed by atoms with Crippen LogP contribution in [-0.4, -0.2) is 30.3 Å². The number of Topliss-reactive ketones (excluding diaryl/α,β-unsaturated/α-hetero) is 1. The molecule has 0 atom stereocenters. The van der Waals surface area contributed by atoms with Crippen molar-refractivity contribution < 1.29 is 4.79 Å². The fraction of sp³-hybridized carbons (Fsp3) is 0.632. The van der Waals surface area contributed by atoms with E-state index >= 15 is 0 Å². The van der Waals surface area contributed by atoms with E-state index in [-0.39, 0.29) is 5.78 Å². The lowest BCUT2D eigenvalue weighted by Crippen LogP contribution is -2.30. The molecule has 0 aliphatic carbocycles. The molecule has 1 fully saturated rings. The Balaban J connectivity index is 1.96. The van der Waals surface area contributed by atoms with Crippen LogP contribution < -0.4 is 0 Å². The van der Waals surface area contributed by atoms with Crippen LogP contribution in [-0.2, 0) is 0 Å². The van der Waals surface area contributed by atoms with E-state index in [4.69, 9.17) is 0 Å². The van der Waals surface area contributed by atoms with Gasteiger partial charge in [0.15, 0.2) is 5.78 Å². The molecule has 1 aromatic rings. The highest BCUT2D eigenvalue weighted by Gasteiger charge is 2.35. The van der Waals surface area contributed by atoms with Crippen molar-refractivity contribution >= 4 is 5.78 Å². The summed E-state index contributed by atoms with van der Waals surface area (Å²) >= 11 is 0. The molecule has 2 rings (SSSR count). The minimum absolute atomic E-state index is 0.258. The van der Waals surface area contributed by atoms with Gasteiger partial charge in [0, 0.05) is 12.1 Å². The molecule has 21 heavy (non-hydrogen) atoms. The van der Waals surface area contributed by atoms with Gasteiger partial charge in [0.1, 0.15) is 0 Å². The van der Waals surface area contributed by atoms with Crippen molar-refractivity contribution in [3.05, 3.63) is 35.4 Å². The molecule has 0 amide bonds. The predicted octanol–water partition coefficient (Wildman–Crippen LogP) is 4.50. The molecule has 1 heterocycles. The average Bonchev–Trinajstić information content (AvgIpc) is 2.91. The summed E-state index contributed by atoms with van der Waals surface area (Å²) < 4.78 is 0. The topological polar surface area (TPSA) is 20.3 Å². The number of benzene rings is 1. The third kappa shape index (κ3) is 3.74. The maximum Gasteiger partial charge on any atom is 0.176 e. The Morgan fingerprint density at radius 2 is 1.81 bits per heavy atom. The zero-order chi connectivity index (χ0) is 15.5. The third-order valence-corrected chi connectivity index (χ3v) is 5.28. The van der Waals surface area contributed by atoms with E-state index in [1.165, 1.54) is 24.8 Å². The molecule has 0 saturated carbocycles. The summed E-state index contributed by atoms with van der Waals surface area (Å²) in [7, 11) is 0. The second-order valence-electron chi connectivity index (χ2n) is 6.87. The molecule has 0 unspecified atom stereocenters. The molecule has 0 aromatic heterocycles. The van der Waals surface area contributed by atoms with Crippen molar-refractivity contribution in [2.75, 3.05) is 19.6 Å². The number of carbonyl (C=O) groups excluding carboxylic acids is 1. The van der Waals surface area contributed by atoms with Gasteiger partial charge in [-0.05, 0) is 42.7 Å². The summed E-state index contributed by atoms with van der Waals surface area (Å²) in [6, 6.07) is 8.15. The summed E-state index contributed by atoms with van der Waals surface area (Å²) in [6.07, 6.45) is 3.67. The molecular weight excluding hydrogens is 258 g/mol. The van der Waals surface area contributed by atoms with Crippen LogP contribution >= 0.6 is 0 Å². The van der Waals surface area contributed by atoms with E-state index in [9.17, 15) is 4.79 Å². The van der Waals surface area contributed by atoms with Crippen molar-refractivity contribution in [1.82, 2.24) is 4.90 Å². The minimum Gasteiger partial charge on any atom is -0.295 e. The number of hydrogen-bond acceptors (Lipinski definition) is 2. The zero-order valence-electron chi connectivity index (χ0n) is 14.0. The zero-order valence-corrected chi connectivity index (χ0v) is 14.0. The fourth-order valence-electron chi connectivity index (χ4n) is 3.34. The van der Waals surface area contributed by atoms with Gasteiger partial charge in [-0.3, -0.25) is 9.69 Å². The number of rotatable bonds is 6. The second-order valence-corrected chi connectivity index (χ2v) is 6.87. The Labute approximate surface area is 129 Å². The Bertz CT molecular complexity index is 471. The lowest BCUT2D eigenvalue weighted by molar-refractivity contribution is 0.0936. The SMILES string of the molecule is CCC1(CC)CCN(CC(=O)c2ccc(C(C)C)cc2)C1. The van der Waals surface area contributed by atoms with E-state index < -0.39 is 0 Å². The van der Waals surface area contributed by atoms with Gasteiger partial charge in [0.05, 0.1) is 6.54 Å². The first kappa shape index (κ1) is 16.2. The van der Waals surface area contributed by atoms with Crippen molar-refractivity contribution in [3.8, 4) is 0 Å². The van der Waals surface area contributed by atoms with Gasteiger partial charge < -0.3 is 0 Å². The summed E-state index contributed by atoms with van der Waals surface area (Å²) in [5.74, 6) is 0.774. The molecule has 1 aliphatic rings. The summed E-state index contributed by atoms with van der Waals surface area (Å²) in [6.45, 7) is 11.6. The number of ketones is 1. The smallest absolute Gasteiger partial charge is 0.176 e. The molecule has 116 valence electrons. The van der Waals surface area contributed by atoms with Gasteiger partial charge in [0.2, 0.25) is 0 Å². The van der Waals surface area contributed by atoms with Crippen LogP contribution in [0.25, 0.3) is 0 Å². The van der Waals surface area contributed by atoms with E-state index in [0.717, 1.165) is 18.7 Å². The standard InChI is InChI=1S/C19H29NO/c1-5-19(6-2)11-12-20(14-19)13-18(21)17-9-7-16(8-10-17)15(3)4/h7-10,15H,5-6,11-14H2,1-4H3. The van der Waals surface area contributed by atoms with Crippen LogP contribution in [0, 0.1) is 5.41 Å². The van der Waals surface area contributed by atoms with Crippen molar-refractivity contribution in [2.45, 2.75) is 52.9 Å². The first-order chi connectivity index (χ1) is 9.99. The largest absolute Gasteiger partial charge is 0.295 e. The highest BCUT2D eigenvalue weighted by Crippen LogP contribution is 2.36. The van der Waals surface area contributed by atoms with Gasteiger partial charge in [-0.15, -0.1) is 0 Å². The van der Waals surface area contributed by atoms with Crippen LogP contribution in [0.3, 0.4) is 0 Å². The molecule has 0 radical (unpaired) electrons. The Morgan fingerprint density at radius 1 is 1.19 bits per heavy atom. The maximum absolute atomic E-state index is 12.4. The lowest BCUT2D eigenvalue weighted by Gasteiger charge is -2.26.